The summed E-state index contributed by atoms with van der Waals surface area (Å²) in [6.07, 6.45) is 8.54. The Hall–Kier alpha value is -1.84. The number of hydrogen-bond donors (Lipinski definition) is 0. The van der Waals surface area contributed by atoms with Crippen molar-refractivity contribution in [3.63, 3.8) is 0 Å². The summed E-state index contributed by atoms with van der Waals surface area (Å²) in [5.41, 5.74) is 2.99. The van der Waals surface area contributed by atoms with Crippen LogP contribution in [-0.4, -0.2) is 31.6 Å². The van der Waals surface area contributed by atoms with Gasteiger partial charge in [0.1, 0.15) is 12.4 Å². The summed E-state index contributed by atoms with van der Waals surface area (Å²) in [7, 11) is 2.07. The van der Waals surface area contributed by atoms with Crippen LogP contribution < -0.4 is 4.74 Å². The molecule has 26 heavy (non-hydrogen) atoms. The van der Waals surface area contributed by atoms with Crippen LogP contribution in [0.1, 0.15) is 24.0 Å². The van der Waals surface area contributed by atoms with Crippen LogP contribution in [0.25, 0.3) is 0 Å². The predicted octanol–water partition coefficient (Wildman–Crippen LogP) is 5.58. The Morgan fingerprint density at radius 3 is 2.19 bits per heavy atom. The molecular weight excluding hydrogens is 386 g/mol. The Morgan fingerprint density at radius 2 is 1.62 bits per heavy atom. The van der Waals surface area contributed by atoms with Crippen molar-refractivity contribution >= 4 is 15.9 Å². The summed E-state index contributed by atoms with van der Waals surface area (Å²) in [6.45, 7) is 6.14. The molecule has 1 aliphatic rings. The molecule has 0 radical (unpaired) electrons. The zero-order valence-corrected chi connectivity index (χ0v) is 16.9. The number of ether oxygens (including phenoxy) is 1. The van der Waals surface area contributed by atoms with Crippen molar-refractivity contribution in [2.45, 2.75) is 18.3 Å². The first-order valence-corrected chi connectivity index (χ1v) is 9.87. The minimum Gasteiger partial charge on any atom is -0.490 e. The summed E-state index contributed by atoms with van der Waals surface area (Å²) >= 11 is 3.52. The maximum atomic E-state index is 5.83. The standard InChI is InChI=1S/C23H26BrNO/c1-3-16-25(2)17-4-5-18-26-22-12-8-20(9-13-22)23(14-15-23)19-6-10-21(24)11-7-19/h3-13H,1,14-18H2,2H3/b5-4+. The lowest BCUT2D eigenvalue weighted by Crippen LogP contribution is -2.17. The van der Waals surface area contributed by atoms with Crippen molar-refractivity contribution < 1.29 is 4.74 Å². The van der Waals surface area contributed by atoms with Gasteiger partial charge in [0.25, 0.3) is 0 Å². The molecule has 0 aromatic heterocycles. The van der Waals surface area contributed by atoms with Crippen LogP contribution in [0.3, 0.4) is 0 Å². The van der Waals surface area contributed by atoms with E-state index >= 15 is 0 Å². The van der Waals surface area contributed by atoms with Crippen LogP contribution in [0.5, 0.6) is 5.75 Å². The van der Waals surface area contributed by atoms with Crippen molar-refractivity contribution in [3.05, 3.63) is 88.9 Å². The molecule has 0 bridgehead atoms. The van der Waals surface area contributed by atoms with Gasteiger partial charge in [0.05, 0.1) is 0 Å². The van der Waals surface area contributed by atoms with E-state index < -0.39 is 0 Å². The second kappa shape index (κ2) is 8.70. The summed E-state index contributed by atoms with van der Waals surface area (Å²) in [5.74, 6) is 0.921. The molecule has 0 heterocycles. The van der Waals surface area contributed by atoms with Crippen molar-refractivity contribution in [2.75, 3.05) is 26.7 Å². The van der Waals surface area contributed by atoms with E-state index in [-0.39, 0.29) is 5.41 Å². The van der Waals surface area contributed by atoms with Gasteiger partial charge in [-0.2, -0.15) is 0 Å². The first-order chi connectivity index (χ1) is 12.6. The van der Waals surface area contributed by atoms with Gasteiger partial charge in [-0.15, -0.1) is 6.58 Å². The topological polar surface area (TPSA) is 12.5 Å². The lowest BCUT2D eigenvalue weighted by atomic mass is 9.88. The smallest absolute Gasteiger partial charge is 0.119 e. The predicted molar refractivity (Wildman–Crippen MR) is 113 cm³/mol. The molecule has 3 rings (SSSR count). The van der Waals surface area contributed by atoms with E-state index in [1.54, 1.807) is 0 Å². The van der Waals surface area contributed by atoms with E-state index in [4.69, 9.17) is 4.74 Å². The van der Waals surface area contributed by atoms with E-state index in [2.05, 4.69) is 95.1 Å². The van der Waals surface area contributed by atoms with Gasteiger partial charge < -0.3 is 4.74 Å². The van der Waals surface area contributed by atoms with Gasteiger partial charge >= 0.3 is 0 Å². The average Bonchev–Trinajstić information content (AvgIpc) is 3.45. The normalized spacial score (nSPS) is 15.3. The summed E-state index contributed by atoms with van der Waals surface area (Å²) in [4.78, 5) is 2.19. The van der Waals surface area contributed by atoms with Crippen LogP contribution in [0.15, 0.2) is 77.8 Å². The van der Waals surface area contributed by atoms with Crippen LogP contribution >= 0.6 is 15.9 Å². The molecule has 0 atom stereocenters. The van der Waals surface area contributed by atoms with Crippen molar-refractivity contribution in [2.24, 2.45) is 0 Å². The Labute approximate surface area is 165 Å². The minimum atomic E-state index is 0.203. The zero-order chi connectivity index (χ0) is 18.4. The highest BCUT2D eigenvalue weighted by Gasteiger charge is 2.45. The fraction of sp³-hybridized carbons (Fsp3) is 0.304. The van der Waals surface area contributed by atoms with Crippen molar-refractivity contribution in [3.8, 4) is 5.75 Å². The van der Waals surface area contributed by atoms with Crippen molar-refractivity contribution in [1.29, 1.82) is 0 Å². The Kier molecular flexibility index (Phi) is 6.33. The molecule has 1 aliphatic carbocycles. The second-order valence-corrected chi connectivity index (χ2v) is 7.82. The Balaban J connectivity index is 1.55. The minimum absolute atomic E-state index is 0.203. The number of hydrogen-bond acceptors (Lipinski definition) is 2. The van der Waals surface area contributed by atoms with E-state index in [0.717, 1.165) is 23.3 Å². The van der Waals surface area contributed by atoms with Gasteiger partial charge in [-0.1, -0.05) is 58.4 Å². The third-order valence-corrected chi connectivity index (χ3v) is 5.45. The largest absolute Gasteiger partial charge is 0.490 e. The second-order valence-electron chi connectivity index (χ2n) is 6.91. The quantitative estimate of drug-likeness (QED) is 0.499. The van der Waals surface area contributed by atoms with Gasteiger partial charge in [-0.25, -0.2) is 0 Å². The molecule has 3 heteroatoms. The number of halogens is 1. The Bertz CT molecular complexity index is 745. The van der Waals surface area contributed by atoms with Crippen LogP contribution in [0.4, 0.5) is 0 Å². The number of benzene rings is 2. The van der Waals surface area contributed by atoms with Crippen molar-refractivity contribution in [1.82, 2.24) is 4.90 Å². The molecule has 1 fully saturated rings. The third-order valence-electron chi connectivity index (χ3n) is 4.92. The third kappa shape index (κ3) is 4.66. The van der Waals surface area contributed by atoms with Crippen LogP contribution in [-0.2, 0) is 5.41 Å². The number of nitrogens with zero attached hydrogens (tertiary/aromatic N) is 1. The first-order valence-electron chi connectivity index (χ1n) is 9.08. The molecule has 0 spiro atoms. The average molecular weight is 412 g/mol. The highest BCUT2D eigenvalue weighted by atomic mass is 79.9. The molecule has 136 valence electrons. The molecule has 0 amide bonds. The van der Waals surface area contributed by atoms with Gasteiger partial charge in [-0.3, -0.25) is 4.90 Å². The maximum absolute atomic E-state index is 5.83. The fourth-order valence-corrected chi connectivity index (χ4v) is 3.53. The SMILES string of the molecule is C=CCN(C)C/C=C/COc1ccc(C2(c3ccc(Br)cc3)CC2)cc1. The van der Waals surface area contributed by atoms with Gasteiger partial charge in [0.2, 0.25) is 0 Å². The van der Waals surface area contributed by atoms with Gasteiger partial charge in [-0.05, 0) is 55.3 Å². The van der Waals surface area contributed by atoms with E-state index in [1.165, 1.54) is 24.0 Å². The van der Waals surface area contributed by atoms with Gasteiger partial charge in [0.15, 0.2) is 0 Å². The molecular formula is C23H26BrNO. The highest BCUT2D eigenvalue weighted by Crippen LogP contribution is 2.53. The van der Waals surface area contributed by atoms with E-state index in [0.29, 0.717) is 6.61 Å². The first kappa shape index (κ1) is 18.9. The molecule has 0 N–H and O–H groups in total. The van der Waals surface area contributed by atoms with Crippen LogP contribution in [0.2, 0.25) is 0 Å². The number of rotatable bonds is 9. The number of likely N-dealkylation sites (N-methyl/N-ethyl adjacent to an activating group) is 1. The molecule has 0 unspecified atom stereocenters. The molecule has 1 saturated carbocycles. The zero-order valence-electron chi connectivity index (χ0n) is 15.3. The van der Waals surface area contributed by atoms with Crippen LogP contribution in [0, 0.1) is 0 Å². The molecule has 2 aromatic carbocycles. The maximum Gasteiger partial charge on any atom is 0.119 e. The molecule has 0 saturated heterocycles. The summed E-state index contributed by atoms with van der Waals surface area (Å²) < 4.78 is 6.95. The highest BCUT2D eigenvalue weighted by molar-refractivity contribution is 9.10. The lowest BCUT2D eigenvalue weighted by molar-refractivity contribution is 0.360. The molecule has 2 aromatic rings. The summed E-state index contributed by atoms with van der Waals surface area (Å²) in [5, 5.41) is 0. The summed E-state index contributed by atoms with van der Waals surface area (Å²) in [6, 6.07) is 17.3. The van der Waals surface area contributed by atoms with E-state index in [1.807, 2.05) is 6.08 Å². The monoisotopic (exact) mass is 411 g/mol. The molecule has 2 nitrogen and oxygen atoms in total. The lowest BCUT2D eigenvalue weighted by Gasteiger charge is -2.17. The van der Waals surface area contributed by atoms with E-state index in [9.17, 15) is 0 Å². The fourth-order valence-electron chi connectivity index (χ4n) is 3.27. The Morgan fingerprint density at radius 1 is 1.00 bits per heavy atom. The van der Waals surface area contributed by atoms with Gasteiger partial charge in [0, 0.05) is 23.0 Å². The molecule has 0 aliphatic heterocycles.